The number of nitrogens with zero attached hydrogens (tertiary/aromatic N) is 2. The van der Waals surface area contributed by atoms with E-state index in [1.54, 1.807) is 17.0 Å². The largest absolute Gasteiger partial charge is 0.450 e. The van der Waals surface area contributed by atoms with Gasteiger partial charge >= 0.3 is 0 Å². The van der Waals surface area contributed by atoms with E-state index in [2.05, 4.69) is 6.07 Å². The molecule has 0 N–H and O–H groups in total. The molecule has 0 radical (unpaired) electrons. The standard InChI is InChI=1S/C26H22N2O4S2/c1-17-6-9-21(10-7-17)33-24-11-8-20(32-24)14-22-25(30)28(26(31)34-22)16-23(29)27-13-12-18-4-2-3-5-19(18)15-27/h2-11,14H,12-13,15-16H2,1H3/b22-14-. The predicted octanol–water partition coefficient (Wildman–Crippen LogP) is 5.36. The molecule has 1 saturated heterocycles. The van der Waals surface area contributed by atoms with Gasteiger partial charge in [0.2, 0.25) is 5.91 Å². The van der Waals surface area contributed by atoms with Crippen LogP contribution in [-0.4, -0.2) is 39.9 Å². The maximum Gasteiger partial charge on any atom is 0.294 e. The van der Waals surface area contributed by atoms with Crippen LogP contribution < -0.4 is 0 Å². The van der Waals surface area contributed by atoms with Crippen molar-refractivity contribution in [3.05, 3.63) is 88.0 Å². The molecule has 1 aromatic heterocycles. The van der Waals surface area contributed by atoms with Gasteiger partial charge in [-0.3, -0.25) is 19.3 Å². The van der Waals surface area contributed by atoms with E-state index in [-0.39, 0.29) is 17.4 Å². The van der Waals surface area contributed by atoms with Gasteiger partial charge in [0.25, 0.3) is 11.1 Å². The minimum Gasteiger partial charge on any atom is -0.450 e. The fraction of sp³-hybridized carbons (Fsp3) is 0.192. The first kappa shape index (κ1) is 22.6. The van der Waals surface area contributed by atoms with E-state index < -0.39 is 11.1 Å². The Labute approximate surface area is 206 Å². The number of fused-ring (bicyclic) bond motifs is 1. The minimum absolute atomic E-state index is 0.229. The topological polar surface area (TPSA) is 70.8 Å². The molecule has 2 aliphatic heterocycles. The number of hydrogen-bond donors (Lipinski definition) is 0. The van der Waals surface area contributed by atoms with Gasteiger partial charge < -0.3 is 9.32 Å². The Bertz CT molecular complexity index is 1300. The van der Waals surface area contributed by atoms with Crippen LogP contribution in [0, 0.1) is 6.92 Å². The maximum absolute atomic E-state index is 12.9. The van der Waals surface area contributed by atoms with Crippen molar-refractivity contribution in [1.29, 1.82) is 0 Å². The first-order chi connectivity index (χ1) is 16.5. The maximum atomic E-state index is 12.9. The van der Waals surface area contributed by atoms with Gasteiger partial charge in [0.1, 0.15) is 12.3 Å². The summed E-state index contributed by atoms with van der Waals surface area (Å²) >= 11 is 2.31. The number of carbonyl (C=O) groups is 3. The molecule has 5 rings (SSSR count). The van der Waals surface area contributed by atoms with Gasteiger partial charge in [0.05, 0.1) is 4.91 Å². The average molecular weight is 491 g/mol. The van der Waals surface area contributed by atoms with E-state index in [4.69, 9.17) is 4.42 Å². The highest BCUT2D eigenvalue weighted by Gasteiger charge is 2.37. The third-order valence-corrected chi connectivity index (χ3v) is 7.60. The molecule has 6 nitrogen and oxygen atoms in total. The fourth-order valence-corrected chi connectivity index (χ4v) is 5.50. The Morgan fingerprint density at radius 2 is 1.82 bits per heavy atom. The zero-order valence-corrected chi connectivity index (χ0v) is 20.2. The molecule has 1 fully saturated rings. The van der Waals surface area contributed by atoms with Gasteiger partial charge in [0, 0.05) is 24.1 Å². The molecule has 3 aromatic rings. The van der Waals surface area contributed by atoms with Crippen LogP contribution in [0.15, 0.2) is 80.0 Å². The van der Waals surface area contributed by atoms with Crippen LogP contribution in [0.1, 0.15) is 22.5 Å². The highest BCUT2D eigenvalue weighted by atomic mass is 32.2. The molecular formula is C26H22N2O4S2. The molecule has 8 heteroatoms. The lowest BCUT2D eigenvalue weighted by Gasteiger charge is -2.29. The van der Waals surface area contributed by atoms with Crippen LogP contribution in [0.2, 0.25) is 0 Å². The Morgan fingerprint density at radius 1 is 1.06 bits per heavy atom. The van der Waals surface area contributed by atoms with Crippen LogP contribution in [0.25, 0.3) is 6.08 Å². The summed E-state index contributed by atoms with van der Waals surface area (Å²) in [5.41, 5.74) is 3.52. The summed E-state index contributed by atoms with van der Waals surface area (Å²) in [7, 11) is 0. The summed E-state index contributed by atoms with van der Waals surface area (Å²) in [5.74, 6) is -0.211. The molecule has 172 valence electrons. The summed E-state index contributed by atoms with van der Waals surface area (Å²) in [6.07, 6.45) is 2.33. The number of hydrogen-bond acceptors (Lipinski definition) is 6. The molecule has 3 heterocycles. The number of furan rings is 1. The van der Waals surface area contributed by atoms with Crippen LogP contribution >= 0.6 is 23.5 Å². The third-order valence-electron chi connectivity index (χ3n) is 5.77. The van der Waals surface area contributed by atoms with Crippen molar-refractivity contribution in [2.45, 2.75) is 29.9 Å². The molecule has 0 saturated carbocycles. The van der Waals surface area contributed by atoms with Crippen LogP contribution in [0.4, 0.5) is 4.79 Å². The van der Waals surface area contributed by atoms with E-state index in [1.807, 2.05) is 55.5 Å². The Balaban J connectivity index is 1.23. The molecule has 0 bridgehead atoms. The molecule has 3 amide bonds. The number of aryl methyl sites for hydroxylation is 1. The monoisotopic (exact) mass is 490 g/mol. The molecule has 0 spiro atoms. The zero-order chi connectivity index (χ0) is 23.7. The minimum atomic E-state index is -0.468. The van der Waals surface area contributed by atoms with Gasteiger partial charge in [-0.15, -0.1) is 0 Å². The smallest absolute Gasteiger partial charge is 0.294 e. The third kappa shape index (κ3) is 4.83. The number of benzene rings is 2. The summed E-state index contributed by atoms with van der Waals surface area (Å²) in [6.45, 7) is 2.85. The normalized spacial score (nSPS) is 16.9. The fourth-order valence-electron chi connectivity index (χ4n) is 3.90. The molecular weight excluding hydrogens is 468 g/mol. The van der Waals surface area contributed by atoms with Crippen molar-refractivity contribution in [3.63, 3.8) is 0 Å². The van der Waals surface area contributed by atoms with Gasteiger partial charge in [-0.05, 0) is 60.5 Å². The molecule has 2 aliphatic rings. The molecule has 0 unspecified atom stereocenters. The van der Waals surface area contributed by atoms with E-state index in [0.717, 1.165) is 33.5 Å². The van der Waals surface area contributed by atoms with Crippen molar-refractivity contribution < 1.29 is 18.8 Å². The Kier molecular flexibility index (Phi) is 6.34. The lowest BCUT2D eigenvalue weighted by atomic mass is 10.00. The Hall–Kier alpha value is -3.23. The van der Waals surface area contributed by atoms with Gasteiger partial charge in [-0.1, -0.05) is 53.7 Å². The summed E-state index contributed by atoms with van der Waals surface area (Å²) in [5, 5.41) is 0.248. The lowest BCUT2D eigenvalue weighted by Crippen LogP contribution is -2.44. The highest BCUT2D eigenvalue weighted by Crippen LogP contribution is 2.34. The highest BCUT2D eigenvalue weighted by molar-refractivity contribution is 8.18. The predicted molar refractivity (Wildman–Crippen MR) is 132 cm³/mol. The number of carbonyl (C=O) groups excluding carboxylic acids is 3. The van der Waals surface area contributed by atoms with Crippen molar-refractivity contribution in [2.24, 2.45) is 0 Å². The summed E-state index contributed by atoms with van der Waals surface area (Å²) < 4.78 is 5.82. The van der Waals surface area contributed by atoms with Gasteiger partial charge in [-0.2, -0.15) is 0 Å². The lowest BCUT2D eigenvalue weighted by molar-refractivity contribution is -0.136. The number of imide groups is 1. The van der Waals surface area contributed by atoms with E-state index in [9.17, 15) is 14.4 Å². The molecule has 34 heavy (non-hydrogen) atoms. The van der Waals surface area contributed by atoms with E-state index in [0.29, 0.717) is 23.9 Å². The van der Waals surface area contributed by atoms with Gasteiger partial charge in [-0.25, -0.2) is 0 Å². The zero-order valence-electron chi connectivity index (χ0n) is 18.5. The molecule has 0 atom stereocenters. The SMILES string of the molecule is Cc1ccc(Sc2ccc(/C=C3\SC(=O)N(CC(=O)N4CCc5ccccc5C4)C3=O)o2)cc1. The quantitative estimate of drug-likeness (QED) is 0.449. The average Bonchev–Trinajstić information content (AvgIpc) is 3.39. The van der Waals surface area contributed by atoms with E-state index >= 15 is 0 Å². The second-order valence-corrected chi connectivity index (χ2v) is 10.2. The Morgan fingerprint density at radius 3 is 2.62 bits per heavy atom. The first-order valence-corrected chi connectivity index (χ1v) is 12.5. The second kappa shape index (κ2) is 9.56. The van der Waals surface area contributed by atoms with Crippen LogP contribution in [-0.2, 0) is 22.6 Å². The van der Waals surface area contributed by atoms with Crippen molar-refractivity contribution >= 4 is 46.7 Å². The van der Waals surface area contributed by atoms with Crippen LogP contribution in [0.3, 0.4) is 0 Å². The van der Waals surface area contributed by atoms with Crippen molar-refractivity contribution in [1.82, 2.24) is 9.80 Å². The number of rotatable bonds is 5. The summed E-state index contributed by atoms with van der Waals surface area (Å²) in [4.78, 5) is 42.2. The van der Waals surface area contributed by atoms with Crippen molar-refractivity contribution in [3.8, 4) is 0 Å². The second-order valence-electron chi connectivity index (χ2n) is 8.17. The summed E-state index contributed by atoms with van der Waals surface area (Å²) in [6, 6.07) is 19.7. The van der Waals surface area contributed by atoms with Gasteiger partial charge in [0.15, 0.2) is 5.09 Å². The first-order valence-electron chi connectivity index (χ1n) is 10.9. The van der Waals surface area contributed by atoms with Crippen molar-refractivity contribution in [2.75, 3.05) is 13.1 Å². The number of amides is 3. The van der Waals surface area contributed by atoms with Crippen LogP contribution in [0.5, 0.6) is 0 Å². The molecule has 2 aromatic carbocycles. The van der Waals surface area contributed by atoms with E-state index in [1.165, 1.54) is 22.9 Å². The number of thioether (sulfide) groups is 1. The molecule has 0 aliphatic carbocycles.